The minimum atomic E-state index is -0.445. The molecule has 138 valence electrons. The molecule has 0 aliphatic heterocycles. The van der Waals surface area contributed by atoms with Gasteiger partial charge in [0, 0.05) is 23.4 Å². The molecule has 0 aliphatic carbocycles. The highest BCUT2D eigenvalue weighted by Crippen LogP contribution is 2.16. The van der Waals surface area contributed by atoms with Crippen LogP contribution >= 0.6 is 11.6 Å². The van der Waals surface area contributed by atoms with Crippen LogP contribution in [0.1, 0.15) is 5.56 Å². The first-order valence-electron chi connectivity index (χ1n) is 8.13. The van der Waals surface area contributed by atoms with Gasteiger partial charge in [0.1, 0.15) is 11.6 Å². The minimum absolute atomic E-state index is 0.219. The summed E-state index contributed by atoms with van der Waals surface area (Å²) in [6, 6.07) is 15.6. The van der Waals surface area contributed by atoms with Crippen molar-refractivity contribution >= 4 is 23.2 Å². The summed E-state index contributed by atoms with van der Waals surface area (Å²) < 4.78 is 19.8. The van der Waals surface area contributed by atoms with E-state index in [-0.39, 0.29) is 24.5 Å². The van der Waals surface area contributed by atoms with Crippen LogP contribution in [-0.4, -0.2) is 17.1 Å². The molecule has 1 aromatic heterocycles. The molecule has 0 unspecified atom stereocenters. The number of hydrogen-bond donors (Lipinski definition) is 1. The molecule has 0 fully saturated rings. The molecule has 0 saturated carbocycles. The number of aromatic nitrogens is 1. The molecule has 0 saturated heterocycles. The molecule has 0 aliphatic rings. The van der Waals surface area contributed by atoms with Gasteiger partial charge in [-0.05, 0) is 29.8 Å². The Labute approximate surface area is 160 Å². The largest absolute Gasteiger partial charge is 0.484 e. The molecule has 0 spiro atoms. The monoisotopic (exact) mass is 386 g/mol. The molecule has 7 heteroatoms. The van der Waals surface area contributed by atoms with Crippen molar-refractivity contribution in [2.45, 2.75) is 6.54 Å². The molecule has 0 radical (unpaired) electrons. The highest BCUT2D eigenvalue weighted by molar-refractivity contribution is 6.31. The van der Waals surface area contributed by atoms with E-state index in [0.29, 0.717) is 10.7 Å². The smallest absolute Gasteiger partial charge is 0.262 e. The van der Waals surface area contributed by atoms with Crippen LogP contribution in [0.5, 0.6) is 5.75 Å². The van der Waals surface area contributed by atoms with E-state index in [2.05, 4.69) is 5.32 Å². The summed E-state index contributed by atoms with van der Waals surface area (Å²) in [6.45, 7) is -0.00486. The molecule has 0 atom stereocenters. The Morgan fingerprint density at radius 3 is 2.70 bits per heavy atom. The van der Waals surface area contributed by atoms with E-state index in [1.165, 1.54) is 41.1 Å². The van der Waals surface area contributed by atoms with Crippen LogP contribution in [0.2, 0.25) is 5.02 Å². The normalized spacial score (nSPS) is 10.4. The number of anilines is 1. The first-order chi connectivity index (χ1) is 13.0. The number of benzene rings is 2. The lowest BCUT2D eigenvalue weighted by molar-refractivity contribution is -0.118. The van der Waals surface area contributed by atoms with Crippen molar-refractivity contribution in [2.24, 2.45) is 0 Å². The third kappa shape index (κ3) is 5.18. The van der Waals surface area contributed by atoms with Crippen LogP contribution in [0.3, 0.4) is 0 Å². The number of carbonyl (C=O) groups is 1. The highest BCUT2D eigenvalue weighted by Gasteiger charge is 2.07. The van der Waals surface area contributed by atoms with Gasteiger partial charge in [0.05, 0.1) is 12.2 Å². The molecule has 1 N–H and O–H groups in total. The molecule has 3 aromatic rings. The molecular weight excluding hydrogens is 371 g/mol. The number of carbonyl (C=O) groups excluding carboxylic acids is 1. The number of ether oxygens (including phenoxy) is 1. The zero-order valence-electron chi connectivity index (χ0n) is 14.2. The predicted molar refractivity (Wildman–Crippen MR) is 102 cm³/mol. The molecule has 1 heterocycles. The van der Waals surface area contributed by atoms with E-state index >= 15 is 0 Å². The van der Waals surface area contributed by atoms with Crippen LogP contribution in [-0.2, 0) is 11.3 Å². The first-order valence-corrected chi connectivity index (χ1v) is 8.51. The van der Waals surface area contributed by atoms with Crippen molar-refractivity contribution in [3.05, 3.63) is 93.6 Å². The number of amides is 1. The summed E-state index contributed by atoms with van der Waals surface area (Å²) >= 11 is 6.13. The third-order valence-corrected chi connectivity index (χ3v) is 4.10. The lowest BCUT2D eigenvalue weighted by atomic mass is 10.2. The molecule has 5 nitrogen and oxygen atoms in total. The summed E-state index contributed by atoms with van der Waals surface area (Å²) in [5.74, 6) is -0.615. The standard InChI is InChI=1S/C20H16ClFN2O3/c21-18-7-2-1-4-14(18)11-24-12-16(8-9-20(24)26)23-19(25)13-27-17-6-3-5-15(22)10-17/h1-10,12H,11,13H2,(H,23,25). The molecular formula is C20H16ClFN2O3. The van der Waals surface area contributed by atoms with Crippen molar-refractivity contribution < 1.29 is 13.9 Å². The number of rotatable bonds is 6. The van der Waals surface area contributed by atoms with Gasteiger partial charge < -0.3 is 14.6 Å². The van der Waals surface area contributed by atoms with Crippen molar-refractivity contribution in [3.63, 3.8) is 0 Å². The molecule has 3 rings (SSSR count). The van der Waals surface area contributed by atoms with E-state index in [9.17, 15) is 14.0 Å². The van der Waals surface area contributed by atoms with Gasteiger partial charge >= 0.3 is 0 Å². The second-order valence-corrected chi connectivity index (χ2v) is 6.18. The number of hydrogen-bond acceptors (Lipinski definition) is 3. The van der Waals surface area contributed by atoms with Gasteiger partial charge in [0.2, 0.25) is 0 Å². The van der Waals surface area contributed by atoms with Gasteiger partial charge in [-0.2, -0.15) is 0 Å². The van der Waals surface area contributed by atoms with Gasteiger partial charge in [0.15, 0.2) is 6.61 Å². The highest BCUT2D eigenvalue weighted by atomic mass is 35.5. The number of nitrogens with zero attached hydrogens (tertiary/aromatic N) is 1. The lowest BCUT2D eigenvalue weighted by Gasteiger charge is -2.11. The first kappa shape index (κ1) is 18.7. The second kappa shape index (κ2) is 8.51. The fraction of sp³-hybridized carbons (Fsp3) is 0.100. The molecule has 1 amide bonds. The van der Waals surface area contributed by atoms with Crippen LogP contribution in [0, 0.1) is 5.82 Å². The fourth-order valence-electron chi connectivity index (χ4n) is 2.44. The topological polar surface area (TPSA) is 60.3 Å². The zero-order chi connectivity index (χ0) is 19.2. The quantitative estimate of drug-likeness (QED) is 0.702. The Hall–Kier alpha value is -3.12. The molecule has 27 heavy (non-hydrogen) atoms. The van der Waals surface area contributed by atoms with Crippen molar-refractivity contribution in [3.8, 4) is 5.75 Å². The minimum Gasteiger partial charge on any atom is -0.484 e. The van der Waals surface area contributed by atoms with E-state index < -0.39 is 11.7 Å². The van der Waals surface area contributed by atoms with Crippen LogP contribution < -0.4 is 15.6 Å². The third-order valence-electron chi connectivity index (χ3n) is 3.73. The molecule has 2 aromatic carbocycles. The van der Waals surface area contributed by atoms with Gasteiger partial charge in [-0.15, -0.1) is 0 Å². The van der Waals surface area contributed by atoms with E-state index in [4.69, 9.17) is 16.3 Å². The fourth-order valence-corrected chi connectivity index (χ4v) is 2.64. The zero-order valence-corrected chi connectivity index (χ0v) is 14.9. The average Bonchev–Trinajstić information content (AvgIpc) is 2.65. The molecule has 0 bridgehead atoms. The summed E-state index contributed by atoms with van der Waals surface area (Å²) in [7, 11) is 0. The van der Waals surface area contributed by atoms with Gasteiger partial charge in [-0.3, -0.25) is 9.59 Å². The predicted octanol–water partition coefficient (Wildman–Crippen LogP) is 3.71. The number of halogens is 2. The maximum atomic E-state index is 13.1. The summed E-state index contributed by atoms with van der Waals surface area (Å²) in [4.78, 5) is 24.1. The van der Waals surface area contributed by atoms with Crippen LogP contribution in [0.4, 0.5) is 10.1 Å². The van der Waals surface area contributed by atoms with Crippen molar-refractivity contribution in [2.75, 3.05) is 11.9 Å². The Kier molecular flexibility index (Phi) is 5.88. The number of nitrogens with one attached hydrogen (secondary N) is 1. The number of pyridine rings is 1. The van der Waals surface area contributed by atoms with Gasteiger partial charge in [0.25, 0.3) is 11.5 Å². The van der Waals surface area contributed by atoms with Crippen molar-refractivity contribution in [1.82, 2.24) is 4.57 Å². The van der Waals surface area contributed by atoms with Crippen LogP contribution in [0.15, 0.2) is 71.7 Å². The van der Waals surface area contributed by atoms with Gasteiger partial charge in [-0.25, -0.2) is 4.39 Å². The Bertz CT molecular complexity index is 1020. The van der Waals surface area contributed by atoms with E-state index in [1.807, 2.05) is 18.2 Å². The van der Waals surface area contributed by atoms with Gasteiger partial charge in [-0.1, -0.05) is 35.9 Å². The lowest BCUT2D eigenvalue weighted by Crippen LogP contribution is -2.23. The second-order valence-electron chi connectivity index (χ2n) is 5.77. The average molecular weight is 387 g/mol. The SMILES string of the molecule is O=C(COc1cccc(F)c1)Nc1ccc(=O)n(Cc2ccccc2Cl)c1. The Morgan fingerprint density at radius 1 is 1.11 bits per heavy atom. The summed E-state index contributed by atoms with van der Waals surface area (Å²) in [6.07, 6.45) is 1.53. The van der Waals surface area contributed by atoms with E-state index in [0.717, 1.165) is 5.56 Å². The Balaban J connectivity index is 1.66. The maximum absolute atomic E-state index is 13.1. The van der Waals surface area contributed by atoms with Crippen LogP contribution in [0.25, 0.3) is 0 Å². The Morgan fingerprint density at radius 2 is 1.93 bits per heavy atom. The summed E-state index contributed by atoms with van der Waals surface area (Å²) in [5, 5.41) is 3.20. The van der Waals surface area contributed by atoms with Crippen molar-refractivity contribution in [1.29, 1.82) is 0 Å². The summed E-state index contributed by atoms with van der Waals surface area (Å²) in [5.41, 5.74) is 1.01. The maximum Gasteiger partial charge on any atom is 0.262 e. The van der Waals surface area contributed by atoms with E-state index in [1.54, 1.807) is 12.1 Å².